The Morgan fingerprint density at radius 2 is 2.41 bits per heavy atom. The third-order valence-corrected chi connectivity index (χ3v) is 3.06. The molecule has 0 saturated carbocycles. The summed E-state index contributed by atoms with van der Waals surface area (Å²) in [6.07, 6.45) is -0.644. The largest absolute Gasteiger partial charge is 0.467 e. The number of carbonyl (C=O) groups is 1. The molecule has 3 N–H and O–H groups in total. The number of ether oxygens (including phenoxy) is 1. The first kappa shape index (κ1) is 14.1. The molecule has 1 rings (SSSR count). The number of hydrogen-bond donors (Lipinski definition) is 3. The Kier molecular flexibility index (Phi) is 5.07. The Morgan fingerprint density at radius 1 is 1.71 bits per heavy atom. The molecule has 0 radical (unpaired) electrons. The van der Waals surface area contributed by atoms with Crippen LogP contribution < -0.4 is 5.32 Å². The predicted octanol–water partition coefficient (Wildman–Crippen LogP) is 0.295. The van der Waals surface area contributed by atoms with Crippen molar-refractivity contribution in [1.82, 2.24) is 5.32 Å². The molecule has 1 aromatic rings. The smallest absolute Gasteiger partial charge is 0.338 e. The van der Waals surface area contributed by atoms with E-state index in [1.807, 2.05) is 16.8 Å². The maximum Gasteiger partial charge on any atom is 0.338 e. The first-order valence-corrected chi connectivity index (χ1v) is 6.13. The van der Waals surface area contributed by atoms with Crippen LogP contribution in [0.3, 0.4) is 0 Å². The maximum atomic E-state index is 11.2. The van der Waals surface area contributed by atoms with Crippen LogP contribution in [-0.4, -0.2) is 42.0 Å². The van der Waals surface area contributed by atoms with Gasteiger partial charge in [-0.05, 0) is 29.3 Å². The summed E-state index contributed by atoms with van der Waals surface area (Å²) in [6, 6.07) is 1.83. The molecule has 0 spiro atoms. The molecule has 6 heteroatoms. The predicted molar refractivity (Wildman–Crippen MR) is 64.8 cm³/mol. The fourth-order valence-electron chi connectivity index (χ4n) is 1.33. The van der Waals surface area contributed by atoms with Crippen LogP contribution in [0.15, 0.2) is 16.8 Å². The standard InChI is InChI=1S/C11H17NO4S/c1-11(15,10(14)16-2)7-12-5-9(13)8-3-4-17-6-8/h3-4,6,9,12-13,15H,5,7H2,1-2H3. The maximum absolute atomic E-state index is 11.2. The van der Waals surface area contributed by atoms with Gasteiger partial charge in [0.25, 0.3) is 0 Å². The quantitative estimate of drug-likeness (QED) is 0.640. The zero-order chi connectivity index (χ0) is 12.9. The summed E-state index contributed by atoms with van der Waals surface area (Å²) < 4.78 is 4.46. The van der Waals surface area contributed by atoms with E-state index in [2.05, 4.69) is 10.1 Å². The fraction of sp³-hybridized carbons (Fsp3) is 0.545. The number of hydrogen-bond acceptors (Lipinski definition) is 6. The molecule has 1 heterocycles. The monoisotopic (exact) mass is 259 g/mol. The highest BCUT2D eigenvalue weighted by atomic mass is 32.1. The minimum absolute atomic E-state index is 0.0286. The molecule has 17 heavy (non-hydrogen) atoms. The topological polar surface area (TPSA) is 78.8 Å². The van der Waals surface area contributed by atoms with E-state index >= 15 is 0 Å². The summed E-state index contributed by atoms with van der Waals surface area (Å²) in [7, 11) is 1.22. The fourth-order valence-corrected chi connectivity index (χ4v) is 2.03. The molecule has 0 bridgehead atoms. The van der Waals surface area contributed by atoms with Crippen molar-refractivity contribution >= 4 is 17.3 Å². The highest BCUT2D eigenvalue weighted by Crippen LogP contribution is 2.15. The number of methoxy groups -OCH3 is 1. The summed E-state index contributed by atoms with van der Waals surface area (Å²) >= 11 is 1.50. The van der Waals surface area contributed by atoms with Crippen LogP contribution >= 0.6 is 11.3 Å². The summed E-state index contributed by atoms with van der Waals surface area (Å²) in [5.41, 5.74) is -0.761. The van der Waals surface area contributed by atoms with Crippen LogP contribution in [0.1, 0.15) is 18.6 Å². The van der Waals surface area contributed by atoms with Gasteiger partial charge >= 0.3 is 5.97 Å². The SMILES string of the molecule is COC(=O)C(C)(O)CNCC(O)c1ccsc1. The summed E-state index contributed by atoms with van der Waals surface area (Å²) in [5.74, 6) is -0.699. The van der Waals surface area contributed by atoms with Crippen molar-refractivity contribution in [2.45, 2.75) is 18.6 Å². The van der Waals surface area contributed by atoms with Crippen molar-refractivity contribution in [3.63, 3.8) is 0 Å². The molecule has 0 aliphatic carbocycles. The van der Waals surface area contributed by atoms with Crippen LogP contribution in [0.2, 0.25) is 0 Å². The van der Waals surface area contributed by atoms with Crippen LogP contribution in [-0.2, 0) is 9.53 Å². The first-order chi connectivity index (χ1) is 7.97. The Bertz CT molecular complexity index is 350. The molecule has 0 saturated heterocycles. The van der Waals surface area contributed by atoms with Crippen LogP contribution in [0.4, 0.5) is 0 Å². The third-order valence-electron chi connectivity index (χ3n) is 2.36. The number of nitrogens with one attached hydrogen (secondary N) is 1. The van der Waals surface area contributed by atoms with E-state index in [0.717, 1.165) is 5.56 Å². The molecule has 5 nitrogen and oxygen atoms in total. The van der Waals surface area contributed by atoms with Gasteiger partial charge < -0.3 is 20.3 Å². The molecule has 0 aliphatic heterocycles. The number of rotatable bonds is 6. The number of carbonyl (C=O) groups excluding carboxylic acids is 1. The Labute approximate surface area is 104 Å². The summed E-state index contributed by atoms with van der Waals surface area (Å²) in [4.78, 5) is 11.2. The molecule has 2 atom stereocenters. The van der Waals surface area contributed by atoms with Gasteiger partial charge in [-0.1, -0.05) is 0 Å². The lowest BCUT2D eigenvalue weighted by atomic mass is 10.1. The highest BCUT2D eigenvalue weighted by molar-refractivity contribution is 7.07. The van der Waals surface area contributed by atoms with Crippen molar-refractivity contribution < 1.29 is 19.7 Å². The van der Waals surface area contributed by atoms with Crippen LogP contribution in [0, 0.1) is 0 Å². The number of esters is 1. The van der Waals surface area contributed by atoms with Gasteiger partial charge in [0, 0.05) is 13.1 Å². The van der Waals surface area contributed by atoms with Crippen molar-refractivity contribution in [2.24, 2.45) is 0 Å². The Hall–Kier alpha value is -0.950. The van der Waals surface area contributed by atoms with Gasteiger partial charge in [-0.25, -0.2) is 4.79 Å². The average molecular weight is 259 g/mol. The van der Waals surface area contributed by atoms with E-state index in [4.69, 9.17) is 0 Å². The molecular weight excluding hydrogens is 242 g/mol. The van der Waals surface area contributed by atoms with Crippen molar-refractivity contribution in [3.05, 3.63) is 22.4 Å². The second kappa shape index (κ2) is 6.11. The highest BCUT2D eigenvalue weighted by Gasteiger charge is 2.31. The van der Waals surface area contributed by atoms with Crippen LogP contribution in [0.25, 0.3) is 0 Å². The van der Waals surface area contributed by atoms with E-state index in [1.54, 1.807) is 0 Å². The lowest BCUT2D eigenvalue weighted by Crippen LogP contribution is -2.46. The summed E-state index contributed by atoms with van der Waals surface area (Å²) in [6.45, 7) is 1.66. The van der Waals surface area contributed by atoms with E-state index in [9.17, 15) is 15.0 Å². The zero-order valence-electron chi connectivity index (χ0n) is 9.84. The molecule has 0 fully saturated rings. The average Bonchev–Trinajstić information content (AvgIpc) is 2.80. The molecule has 96 valence electrons. The number of aliphatic hydroxyl groups excluding tert-OH is 1. The Balaban J connectivity index is 2.35. The third kappa shape index (κ3) is 4.08. The molecule has 1 aromatic heterocycles. The number of thiophene rings is 1. The first-order valence-electron chi connectivity index (χ1n) is 5.19. The van der Waals surface area contributed by atoms with Gasteiger partial charge in [-0.3, -0.25) is 0 Å². The van der Waals surface area contributed by atoms with Crippen molar-refractivity contribution in [1.29, 1.82) is 0 Å². The van der Waals surface area contributed by atoms with Gasteiger partial charge in [0.05, 0.1) is 13.2 Å². The van der Waals surface area contributed by atoms with Gasteiger partial charge in [0.1, 0.15) is 0 Å². The molecular formula is C11H17NO4S. The normalized spacial score (nSPS) is 16.2. The van der Waals surface area contributed by atoms with E-state index in [0.29, 0.717) is 0 Å². The molecule has 0 amide bonds. The van der Waals surface area contributed by atoms with Gasteiger partial charge in [-0.2, -0.15) is 11.3 Å². The second-order valence-electron chi connectivity index (χ2n) is 3.97. The minimum Gasteiger partial charge on any atom is -0.467 e. The lowest BCUT2D eigenvalue weighted by molar-refractivity contribution is -0.160. The lowest BCUT2D eigenvalue weighted by Gasteiger charge is -2.21. The minimum atomic E-state index is -1.58. The zero-order valence-corrected chi connectivity index (χ0v) is 10.7. The molecule has 0 aliphatic rings. The number of aliphatic hydroxyl groups is 2. The molecule has 2 unspecified atom stereocenters. The van der Waals surface area contributed by atoms with Gasteiger partial charge in [-0.15, -0.1) is 0 Å². The van der Waals surface area contributed by atoms with Gasteiger partial charge in [0.15, 0.2) is 5.60 Å². The van der Waals surface area contributed by atoms with Gasteiger partial charge in [0.2, 0.25) is 0 Å². The summed E-state index contributed by atoms with van der Waals surface area (Å²) in [5, 5.41) is 26.0. The van der Waals surface area contributed by atoms with Crippen molar-refractivity contribution in [3.8, 4) is 0 Å². The van der Waals surface area contributed by atoms with E-state index in [-0.39, 0.29) is 13.1 Å². The second-order valence-corrected chi connectivity index (χ2v) is 4.75. The van der Waals surface area contributed by atoms with Crippen molar-refractivity contribution in [2.75, 3.05) is 20.2 Å². The van der Waals surface area contributed by atoms with E-state index < -0.39 is 17.7 Å². The molecule has 0 aromatic carbocycles. The van der Waals surface area contributed by atoms with E-state index in [1.165, 1.54) is 25.4 Å². The van der Waals surface area contributed by atoms with Crippen LogP contribution in [0.5, 0.6) is 0 Å². The Morgan fingerprint density at radius 3 is 2.94 bits per heavy atom.